The van der Waals surface area contributed by atoms with E-state index in [-0.39, 0.29) is 0 Å². The lowest BCUT2D eigenvalue weighted by molar-refractivity contribution is 0.0874. The molecule has 0 saturated carbocycles. The second-order valence-electron chi connectivity index (χ2n) is 5.56. The van der Waals surface area contributed by atoms with E-state index in [0.29, 0.717) is 24.9 Å². The predicted molar refractivity (Wildman–Crippen MR) is 67.8 cm³/mol. The van der Waals surface area contributed by atoms with Crippen LogP contribution in [-0.4, -0.2) is 12.1 Å². The van der Waals surface area contributed by atoms with Crippen LogP contribution in [0.3, 0.4) is 0 Å². The first kappa shape index (κ1) is 11.2. The fourth-order valence-corrected chi connectivity index (χ4v) is 3.36. The summed E-state index contributed by atoms with van der Waals surface area (Å²) in [4.78, 5) is 0. The molecule has 2 heteroatoms. The van der Waals surface area contributed by atoms with Crippen LogP contribution >= 0.6 is 0 Å². The van der Waals surface area contributed by atoms with E-state index in [0.717, 1.165) is 24.8 Å². The van der Waals surface area contributed by atoms with E-state index in [1.165, 1.54) is 5.56 Å². The summed E-state index contributed by atoms with van der Waals surface area (Å²) in [5.41, 5.74) is 1.07. The molecule has 2 heterocycles. The molecule has 17 heavy (non-hydrogen) atoms. The van der Waals surface area contributed by atoms with Crippen molar-refractivity contribution in [2.75, 3.05) is 0 Å². The molecule has 0 aliphatic carbocycles. The molecule has 2 aliphatic heterocycles. The van der Waals surface area contributed by atoms with Crippen molar-refractivity contribution in [3.8, 4) is 0 Å². The van der Waals surface area contributed by atoms with Crippen LogP contribution in [0.5, 0.6) is 0 Å². The number of benzene rings is 1. The second-order valence-corrected chi connectivity index (χ2v) is 5.56. The largest absolute Gasteiger partial charge is 0.311 e. The standard InChI is InChI=1S/C15H20FN/c1-2-11-3-5-12(6-4-11)15(16)9-13-7-8-14(10-15)17-13/h3-6,13-14,17H,2,7-10H2,1H3. The minimum absolute atomic E-state index is 0.393. The summed E-state index contributed by atoms with van der Waals surface area (Å²) in [7, 11) is 0. The molecular formula is C15H20FN. The van der Waals surface area contributed by atoms with Crippen molar-refractivity contribution in [1.82, 2.24) is 5.32 Å². The predicted octanol–water partition coefficient (Wildman–Crippen LogP) is 3.33. The van der Waals surface area contributed by atoms with Gasteiger partial charge in [0.1, 0.15) is 5.67 Å². The summed E-state index contributed by atoms with van der Waals surface area (Å²) in [6.07, 6.45) is 4.60. The smallest absolute Gasteiger partial charge is 0.139 e. The van der Waals surface area contributed by atoms with Gasteiger partial charge in [-0.2, -0.15) is 0 Å². The van der Waals surface area contributed by atoms with Gasteiger partial charge in [0.25, 0.3) is 0 Å². The van der Waals surface area contributed by atoms with E-state index in [2.05, 4.69) is 24.4 Å². The first-order valence-corrected chi connectivity index (χ1v) is 6.74. The Bertz CT molecular complexity index is 386. The normalized spacial score (nSPS) is 36.1. The Hall–Kier alpha value is -0.890. The second kappa shape index (κ2) is 4.09. The van der Waals surface area contributed by atoms with Gasteiger partial charge in [-0.25, -0.2) is 4.39 Å². The Labute approximate surface area is 102 Å². The Morgan fingerprint density at radius 1 is 1.18 bits per heavy atom. The third-order valence-electron chi connectivity index (χ3n) is 4.35. The molecule has 3 rings (SSSR count). The van der Waals surface area contributed by atoms with Crippen molar-refractivity contribution in [2.24, 2.45) is 0 Å². The molecule has 2 saturated heterocycles. The van der Waals surface area contributed by atoms with Gasteiger partial charge in [0, 0.05) is 24.9 Å². The Morgan fingerprint density at radius 2 is 1.76 bits per heavy atom. The van der Waals surface area contributed by atoms with Crippen molar-refractivity contribution in [3.05, 3.63) is 35.4 Å². The van der Waals surface area contributed by atoms with E-state index >= 15 is 4.39 Å². The summed E-state index contributed by atoms with van der Waals surface area (Å²) in [6, 6.07) is 8.91. The fourth-order valence-electron chi connectivity index (χ4n) is 3.36. The molecule has 2 bridgehead atoms. The van der Waals surface area contributed by atoms with Gasteiger partial charge in [-0.3, -0.25) is 0 Å². The monoisotopic (exact) mass is 233 g/mol. The van der Waals surface area contributed by atoms with Gasteiger partial charge in [0.15, 0.2) is 0 Å². The highest BCUT2D eigenvalue weighted by Gasteiger charge is 2.44. The van der Waals surface area contributed by atoms with Crippen molar-refractivity contribution < 1.29 is 4.39 Å². The van der Waals surface area contributed by atoms with Gasteiger partial charge in [0.2, 0.25) is 0 Å². The van der Waals surface area contributed by atoms with Gasteiger partial charge in [0.05, 0.1) is 0 Å². The fraction of sp³-hybridized carbons (Fsp3) is 0.600. The van der Waals surface area contributed by atoms with Crippen molar-refractivity contribution in [3.63, 3.8) is 0 Å². The summed E-state index contributed by atoms with van der Waals surface area (Å²) in [5.74, 6) is 0. The number of alkyl halides is 1. The number of hydrogen-bond donors (Lipinski definition) is 1. The molecule has 1 nitrogen and oxygen atoms in total. The molecular weight excluding hydrogens is 213 g/mol. The minimum atomic E-state index is -1.09. The Kier molecular flexibility index (Phi) is 2.70. The van der Waals surface area contributed by atoms with Crippen LogP contribution in [0.4, 0.5) is 4.39 Å². The van der Waals surface area contributed by atoms with Gasteiger partial charge < -0.3 is 5.32 Å². The van der Waals surface area contributed by atoms with Crippen LogP contribution in [0.1, 0.15) is 43.7 Å². The number of piperidine rings is 1. The molecule has 0 radical (unpaired) electrons. The van der Waals surface area contributed by atoms with Crippen LogP contribution in [0.15, 0.2) is 24.3 Å². The molecule has 2 aliphatic rings. The highest BCUT2D eigenvalue weighted by Crippen LogP contribution is 2.43. The third kappa shape index (κ3) is 1.99. The maximum absolute atomic E-state index is 15.0. The maximum atomic E-state index is 15.0. The topological polar surface area (TPSA) is 12.0 Å². The third-order valence-corrected chi connectivity index (χ3v) is 4.35. The number of hydrogen-bond acceptors (Lipinski definition) is 1. The molecule has 1 aromatic carbocycles. The van der Waals surface area contributed by atoms with Crippen LogP contribution in [-0.2, 0) is 12.1 Å². The van der Waals surface area contributed by atoms with Gasteiger partial charge in [-0.05, 0) is 30.4 Å². The van der Waals surface area contributed by atoms with Crippen molar-refractivity contribution in [2.45, 2.75) is 56.8 Å². The zero-order chi connectivity index (χ0) is 11.9. The highest BCUT2D eigenvalue weighted by atomic mass is 19.1. The summed E-state index contributed by atoms with van der Waals surface area (Å²) >= 11 is 0. The van der Waals surface area contributed by atoms with E-state index in [9.17, 15) is 0 Å². The lowest BCUT2D eigenvalue weighted by Crippen LogP contribution is -2.44. The summed E-state index contributed by atoms with van der Waals surface area (Å²) in [5, 5.41) is 3.50. The van der Waals surface area contributed by atoms with Gasteiger partial charge >= 0.3 is 0 Å². The first-order valence-electron chi connectivity index (χ1n) is 6.74. The highest BCUT2D eigenvalue weighted by molar-refractivity contribution is 5.29. The molecule has 2 fully saturated rings. The van der Waals surface area contributed by atoms with Crippen LogP contribution in [0.25, 0.3) is 0 Å². The maximum Gasteiger partial charge on any atom is 0.139 e. The van der Waals surface area contributed by atoms with Crippen LogP contribution in [0.2, 0.25) is 0 Å². The zero-order valence-electron chi connectivity index (χ0n) is 10.4. The van der Waals surface area contributed by atoms with E-state index < -0.39 is 5.67 Å². The molecule has 2 atom stereocenters. The zero-order valence-corrected chi connectivity index (χ0v) is 10.4. The quantitative estimate of drug-likeness (QED) is 0.826. The summed E-state index contributed by atoms with van der Waals surface area (Å²) < 4.78 is 15.0. The minimum Gasteiger partial charge on any atom is -0.311 e. The van der Waals surface area contributed by atoms with Crippen molar-refractivity contribution in [1.29, 1.82) is 0 Å². The van der Waals surface area contributed by atoms with Crippen molar-refractivity contribution >= 4 is 0 Å². The number of nitrogens with one attached hydrogen (secondary N) is 1. The number of fused-ring (bicyclic) bond motifs is 2. The van der Waals surface area contributed by atoms with Gasteiger partial charge in [-0.1, -0.05) is 31.2 Å². The van der Waals surface area contributed by atoms with Crippen LogP contribution < -0.4 is 5.32 Å². The molecule has 0 aromatic heterocycles. The number of rotatable bonds is 2. The lowest BCUT2D eigenvalue weighted by atomic mass is 9.83. The molecule has 1 N–H and O–H groups in total. The molecule has 0 spiro atoms. The van der Waals surface area contributed by atoms with E-state index in [1.54, 1.807) is 0 Å². The average Bonchev–Trinajstić information content (AvgIpc) is 2.69. The van der Waals surface area contributed by atoms with E-state index in [1.807, 2.05) is 12.1 Å². The van der Waals surface area contributed by atoms with Gasteiger partial charge in [-0.15, -0.1) is 0 Å². The van der Waals surface area contributed by atoms with Crippen LogP contribution in [0, 0.1) is 0 Å². The van der Waals surface area contributed by atoms with E-state index in [4.69, 9.17) is 0 Å². The molecule has 0 amide bonds. The Morgan fingerprint density at radius 3 is 2.29 bits per heavy atom. The molecule has 1 aromatic rings. The SMILES string of the molecule is CCc1ccc(C2(F)CC3CCC(C2)N3)cc1. The Balaban J connectivity index is 1.86. The average molecular weight is 233 g/mol. The first-order chi connectivity index (χ1) is 8.19. The molecule has 2 unspecified atom stereocenters. The number of aryl methyl sites for hydroxylation is 1. The lowest BCUT2D eigenvalue weighted by Gasteiger charge is -2.35. The molecule has 92 valence electrons. The summed E-state index contributed by atoms with van der Waals surface area (Å²) in [6.45, 7) is 2.13. The number of halogens is 1.